The number of hydrazone groups is 1. The van der Waals surface area contributed by atoms with Crippen LogP contribution in [0.5, 0.6) is 11.5 Å². The number of nitrogens with zero attached hydrogens (tertiary/aromatic N) is 2. The number of hydrogen-bond donors (Lipinski definition) is 3. The maximum atomic E-state index is 12.1. The number of amides is 2. The smallest absolute Gasteiger partial charge is 0.339 e. The molecule has 3 aromatic carbocycles. The molecule has 0 bridgehead atoms. The van der Waals surface area contributed by atoms with E-state index in [0.29, 0.717) is 5.75 Å². The van der Waals surface area contributed by atoms with E-state index < -0.39 is 6.03 Å². The molecule has 0 atom stereocenters. The maximum absolute atomic E-state index is 12.1. The Morgan fingerprint density at radius 2 is 1.78 bits per heavy atom. The molecular weight excluding hydrogens is 404 g/mol. The topological polar surface area (TPSA) is 95.3 Å². The fraction of sp³-hybridized carbons (Fsp3) is 0.160. The number of para-hydroxylation sites is 1. The van der Waals surface area contributed by atoms with Crippen LogP contribution in [0.3, 0.4) is 0 Å². The second-order valence-electron chi connectivity index (χ2n) is 7.63. The van der Waals surface area contributed by atoms with E-state index in [1.165, 1.54) is 0 Å². The van der Waals surface area contributed by atoms with Gasteiger partial charge in [0.15, 0.2) is 5.75 Å². The third kappa shape index (κ3) is 4.95. The minimum Gasteiger partial charge on any atom is -0.508 e. The van der Waals surface area contributed by atoms with Crippen molar-refractivity contribution in [3.05, 3.63) is 88.5 Å². The average molecular weight is 428 g/mol. The molecule has 0 unspecified atom stereocenters. The molecule has 0 saturated heterocycles. The zero-order chi connectivity index (χ0) is 22.5. The summed E-state index contributed by atoms with van der Waals surface area (Å²) in [5.41, 5.74) is 8.99. The quantitative estimate of drug-likeness (QED) is 0.399. The first-order valence-corrected chi connectivity index (χ1v) is 10.3. The van der Waals surface area contributed by atoms with E-state index in [-0.39, 0.29) is 5.75 Å². The molecule has 0 spiro atoms. The number of benzene rings is 3. The van der Waals surface area contributed by atoms with E-state index in [0.717, 1.165) is 52.1 Å². The second kappa shape index (κ2) is 9.34. The van der Waals surface area contributed by atoms with Gasteiger partial charge in [0.25, 0.3) is 0 Å². The third-order valence-electron chi connectivity index (χ3n) is 5.27. The van der Waals surface area contributed by atoms with Gasteiger partial charge < -0.3 is 15.3 Å². The van der Waals surface area contributed by atoms with Crippen LogP contribution in [0.15, 0.2) is 70.9 Å². The SMILES string of the molecule is Cc1cccc(C)c1NC(=O)N/N=C/c1ccc(O/N=C2\CCc3cc(O)ccc32)cc1. The monoisotopic (exact) mass is 428 g/mol. The van der Waals surface area contributed by atoms with Crippen molar-refractivity contribution in [3.63, 3.8) is 0 Å². The number of nitrogens with one attached hydrogen (secondary N) is 2. The van der Waals surface area contributed by atoms with Crippen molar-refractivity contribution in [1.29, 1.82) is 0 Å². The van der Waals surface area contributed by atoms with Gasteiger partial charge >= 0.3 is 6.03 Å². The zero-order valence-electron chi connectivity index (χ0n) is 17.9. The summed E-state index contributed by atoms with van der Waals surface area (Å²) in [4.78, 5) is 17.7. The fourth-order valence-electron chi connectivity index (χ4n) is 3.59. The molecule has 0 saturated carbocycles. The number of hydrogen-bond acceptors (Lipinski definition) is 5. The zero-order valence-corrected chi connectivity index (χ0v) is 17.9. The molecule has 0 aromatic heterocycles. The van der Waals surface area contributed by atoms with Crippen LogP contribution < -0.4 is 15.6 Å². The van der Waals surface area contributed by atoms with Crippen LogP contribution in [0.4, 0.5) is 10.5 Å². The second-order valence-corrected chi connectivity index (χ2v) is 7.63. The Balaban J connectivity index is 1.31. The summed E-state index contributed by atoms with van der Waals surface area (Å²) in [5, 5.41) is 20.7. The van der Waals surface area contributed by atoms with Gasteiger partial charge in [0, 0.05) is 11.3 Å². The molecule has 32 heavy (non-hydrogen) atoms. The number of carbonyl (C=O) groups excluding carboxylic acids is 1. The normalized spacial score (nSPS) is 13.9. The van der Waals surface area contributed by atoms with Gasteiger partial charge in [0.1, 0.15) is 5.75 Å². The first kappa shape index (κ1) is 21.1. The van der Waals surface area contributed by atoms with Gasteiger partial charge in [-0.1, -0.05) is 23.4 Å². The Hall–Kier alpha value is -4.13. The first-order chi connectivity index (χ1) is 15.5. The summed E-state index contributed by atoms with van der Waals surface area (Å²) in [7, 11) is 0. The molecule has 1 aliphatic rings. The summed E-state index contributed by atoms with van der Waals surface area (Å²) < 4.78 is 0. The van der Waals surface area contributed by atoms with Crippen molar-refractivity contribution in [3.8, 4) is 11.5 Å². The van der Waals surface area contributed by atoms with Crippen LogP contribution in [-0.4, -0.2) is 23.1 Å². The molecule has 0 radical (unpaired) electrons. The van der Waals surface area contributed by atoms with Crippen LogP contribution >= 0.6 is 0 Å². The van der Waals surface area contributed by atoms with Crippen LogP contribution in [0.1, 0.15) is 34.2 Å². The lowest BCUT2D eigenvalue weighted by Crippen LogP contribution is -2.25. The highest BCUT2D eigenvalue weighted by molar-refractivity contribution is 6.04. The fourth-order valence-corrected chi connectivity index (χ4v) is 3.59. The Bertz CT molecular complexity index is 1180. The van der Waals surface area contributed by atoms with Crippen LogP contribution in [0.2, 0.25) is 0 Å². The number of fused-ring (bicyclic) bond motifs is 1. The molecule has 3 N–H and O–H groups in total. The van der Waals surface area contributed by atoms with E-state index in [1.54, 1.807) is 30.5 Å². The summed E-state index contributed by atoms with van der Waals surface area (Å²) in [5.74, 6) is 0.864. The molecule has 0 heterocycles. The van der Waals surface area contributed by atoms with E-state index >= 15 is 0 Å². The molecule has 1 aliphatic carbocycles. The van der Waals surface area contributed by atoms with Gasteiger partial charge in [0.05, 0.1) is 11.9 Å². The minimum atomic E-state index is -0.403. The molecule has 162 valence electrons. The van der Waals surface area contributed by atoms with Gasteiger partial charge in [-0.2, -0.15) is 5.10 Å². The van der Waals surface area contributed by atoms with E-state index in [2.05, 4.69) is 21.0 Å². The van der Waals surface area contributed by atoms with Crippen molar-refractivity contribution in [2.24, 2.45) is 10.3 Å². The van der Waals surface area contributed by atoms with Gasteiger partial charge in [-0.3, -0.25) is 0 Å². The number of urea groups is 1. The molecule has 2 amide bonds. The van der Waals surface area contributed by atoms with E-state index in [9.17, 15) is 9.90 Å². The van der Waals surface area contributed by atoms with E-state index in [4.69, 9.17) is 4.84 Å². The standard InChI is InChI=1S/C25H24N4O3/c1-16-4-3-5-17(2)24(16)27-25(31)28-26-15-18-6-10-21(11-7-18)32-29-23-13-8-19-14-20(30)9-12-22(19)23/h3-7,9-12,14-15,30H,8,13H2,1-2H3,(H2,27,28,31)/b26-15+,29-23+. The Kier molecular flexibility index (Phi) is 6.17. The minimum absolute atomic E-state index is 0.264. The predicted octanol–water partition coefficient (Wildman–Crippen LogP) is 4.89. The van der Waals surface area contributed by atoms with Crippen molar-refractivity contribution >= 4 is 23.6 Å². The van der Waals surface area contributed by atoms with Crippen LogP contribution in [-0.2, 0) is 6.42 Å². The number of aromatic hydroxyl groups is 1. The van der Waals surface area contributed by atoms with Crippen molar-refractivity contribution < 1.29 is 14.7 Å². The Labute approximate surface area is 186 Å². The number of oxime groups is 1. The van der Waals surface area contributed by atoms with Gasteiger partial charge in [0.2, 0.25) is 0 Å². The summed E-state index contributed by atoms with van der Waals surface area (Å²) >= 11 is 0. The number of phenols is 1. The summed E-state index contributed by atoms with van der Waals surface area (Å²) in [6.45, 7) is 3.88. The van der Waals surface area contributed by atoms with Gasteiger partial charge in [-0.25, -0.2) is 10.2 Å². The lowest BCUT2D eigenvalue weighted by atomic mass is 10.1. The number of carbonyl (C=O) groups is 1. The molecular formula is C25H24N4O3. The highest BCUT2D eigenvalue weighted by Crippen LogP contribution is 2.26. The maximum Gasteiger partial charge on any atom is 0.339 e. The molecule has 4 rings (SSSR count). The number of anilines is 1. The van der Waals surface area contributed by atoms with Crippen LogP contribution in [0, 0.1) is 13.8 Å². The molecule has 7 nitrogen and oxygen atoms in total. The highest BCUT2D eigenvalue weighted by atomic mass is 16.6. The summed E-state index contributed by atoms with van der Waals surface area (Å²) in [6, 6.07) is 17.9. The molecule has 3 aromatic rings. The molecule has 0 aliphatic heterocycles. The number of phenolic OH excluding ortho intramolecular Hbond substituents is 1. The lowest BCUT2D eigenvalue weighted by Gasteiger charge is -2.10. The average Bonchev–Trinajstić information content (AvgIpc) is 3.18. The number of rotatable bonds is 5. The van der Waals surface area contributed by atoms with Gasteiger partial charge in [-0.05, 0) is 91.4 Å². The Morgan fingerprint density at radius 3 is 2.53 bits per heavy atom. The Morgan fingerprint density at radius 1 is 1.03 bits per heavy atom. The van der Waals surface area contributed by atoms with E-state index in [1.807, 2.05) is 50.2 Å². The van der Waals surface area contributed by atoms with Crippen molar-refractivity contribution in [1.82, 2.24) is 5.43 Å². The van der Waals surface area contributed by atoms with Gasteiger partial charge in [-0.15, -0.1) is 0 Å². The highest BCUT2D eigenvalue weighted by Gasteiger charge is 2.18. The largest absolute Gasteiger partial charge is 0.508 e. The molecule has 0 fully saturated rings. The van der Waals surface area contributed by atoms with Crippen LogP contribution in [0.25, 0.3) is 0 Å². The van der Waals surface area contributed by atoms with Crippen molar-refractivity contribution in [2.75, 3.05) is 5.32 Å². The summed E-state index contributed by atoms with van der Waals surface area (Å²) in [6.07, 6.45) is 3.17. The lowest BCUT2D eigenvalue weighted by molar-refractivity contribution is 0.252. The predicted molar refractivity (Wildman–Crippen MR) is 126 cm³/mol. The number of aryl methyl sites for hydroxylation is 3. The van der Waals surface area contributed by atoms with Crippen molar-refractivity contribution in [2.45, 2.75) is 26.7 Å². The third-order valence-corrected chi connectivity index (χ3v) is 5.27. The first-order valence-electron chi connectivity index (χ1n) is 10.3. The molecule has 7 heteroatoms.